The molecule has 27 heavy (non-hydrogen) atoms. The summed E-state index contributed by atoms with van der Waals surface area (Å²) in [7, 11) is 1.41. The van der Waals surface area contributed by atoms with Gasteiger partial charge in [-0.1, -0.05) is 12.1 Å². The summed E-state index contributed by atoms with van der Waals surface area (Å²) in [6.07, 6.45) is 2.00. The number of methoxy groups -OCH3 is 1. The van der Waals surface area contributed by atoms with Crippen molar-refractivity contribution in [1.82, 2.24) is 0 Å². The lowest BCUT2D eigenvalue weighted by atomic mass is 10.00. The van der Waals surface area contributed by atoms with Crippen molar-refractivity contribution in [3.8, 4) is 6.07 Å². The van der Waals surface area contributed by atoms with Crippen molar-refractivity contribution in [3.63, 3.8) is 0 Å². The fraction of sp³-hybridized carbons (Fsp3) is 0.364. The molecular formula is C22H25N3O2. The number of hydrogen-bond donors (Lipinski definition) is 1. The number of nitrogens with one attached hydrogen (secondary N) is 1. The van der Waals surface area contributed by atoms with Crippen LogP contribution in [0.25, 0.3) is 0 Å². The lowest BCUT2D eigenvalue weighted by Crippen LogP contribution is -2.39. The number of carbonyl (C=O) groups excluding carboxylic acids is 1. The van der Waals surface area contributed by atoms with Gasteiger partial charge in [-0.25, -0.2) is 4.79 Å². The normalized spacial score (nSPS) is 14.5. The van der Waals surface area contributed by atoms with E-state index in [4.69, 9.17) is 10.00 Å². The highest BCUT2D eigenvalue weighted by atomic mass is 16.5. The molecule has 1 aliphatic heterocycles. The third-order valence-electron chi connectivity index (χ3n) is 5.17. The molecule has 1 N–H and O–H groups in total. The number of esters is 1. The first kappa shape index (κ1) is 18.8. The second kappa shape index (κ2) is 8.13. The fourth-order valence-electron chi connectivity index (χ4n) is 3.61. The summed E-state index contributed by atoms with van der Waals surface area (Å²) in [5.41, 5.74) is 5.45. The third-order valence-corrected chi connectivity index (χ3v) is 5.17. The maximum atomic E-state index is 12.0. The van der Waals surface area contributed by atoms with Crippen LogP contribution in [0, 0.1) is 25.2 Å². The van der Waals surface area contributed by atoms with Crippen LogP contribution in [0.2, 0.25) is 0 Å². The van der Waals surface area contributed by atoms with Gasteiger partial charge in [0.15, 0.2) is 0 Å². The highest BCUT2D eigenvalue weighted by Gasteiger charge is 2.21. The lowest BCUT2D eigenvalue weighted by Gasteiger charge is -2.34. The molecule has 0 unspecified atom stereocenters. The molecule has 0 atom stereocenters. The van der Waals surface area contributed by atoms with Crippen LogP contribution in [0.4, 0.5) is 11.4 Å². The maximum Gasteiger partial charge on any atom is 0.338 e. The van der Waals surface area contributed by atoms with Crippen LogP contribution in [0.1, 0.15) is 39.9 Å². The topological polar surface area (TPSA) is 65.4 Å². The zero-order valence-electron chi connectivity index (χ0n) is 16.1. The van der Waals surface area contributed by atoms with Gasteiger partial charge < -0.3 is 15.0 Å². The van der Waals surface area contributed by atoms with Crippen LogP contribution in [-0.4, -0.2) is 32.2 Å². The Morgan fingerprint density at radius 3 is 2.59 bits per heavy atom. The molecule has 5 heteroatoms. The summed E-state index contributed by atoms with van der Waals surface area (Å²) in [6.45, 7) is 5.85. The molecule has 0 aliphatic carbocycles. The van der Waals surface area contributed by atoms with Crippen molar-refractivity contribution in [2.45, 2.75) is 32.7 Å². The Hall–Kier alpha value is -3.00. The number of nitrogens with zero attached hydrogens (tertiary/aromatic N) is 2. The van der Waals surface area contributed by atoms with E-state index in [1.807, 2.05) is 37.3 Å². The summed E-state index contributed by atoms with van der Waals surface area (Å²) in [6, 6.07) is 14.2. The molecule has 0 bridgehead atoms. The van der Waals surface area contributed by atoms with E-state index >= 15 is 0 Å². The quantitative estimate of drug-likeness (QED) is 0.831. The van der Waals surface area contributed by atoms with E-state index in [2.05, 4.69) is 29.3 Å². The molecule has 1 heterocycles. The van der Waals surface area contributed by atoms with E-state index in [0.29, 0.717) is 17.2 Å². The zero-order valence-corrected chi connectivity index (χ0v) is 16.1. The van der Waals surface area contributed by atoms with Gasteiger partial charge in [-0.3, -0.25) is 0 Å². The summed E-state index contributed by atoms with van der Waals surface area (Å²) in [5, 5.41) is 12.7. The van der Waals surface area contributed by atoms with Crippen molar-refractivity contribution in [2.24, 2.45) is 0 Å². The molecule has 0 radical (unpaired) electrons. The Morgan fingerprint density at radius 1 is 1.19 bits per heavy atom. The molecule has 1 saturated heterocycles. The molecule has 0 spiro atoms. The number of hydrogen-bond acceptors (Lipinski definition) is 5. The minimum atomic E-state index is -0.303. The average molecular weight is 363 g/mol. The molecule has 0 aromatic heterocycles. The predicted octanol–water partition coefficient (Wildman–Crippen LogP) is 4.04. The largest absolute Gasteiger partial charge is 0.465 e. The number of rotatable bonds is 4. The van der Waals surface area contributed by atoms with E-state index in [0.717, 1.165) is 48.4 Å². The van der Waals surface area contributed by atoms with Gasteiger partial charge in [-0.2, -0.15) is 5.26 Å². The third kappa shape index (κ3) is 4.22. The van der Waals surface area contributed by atoms with Gasteiger partial charge in [0.25, 0.3) is 0 Å². The highest BCUT2D eigenvalue weighted by molar-refractivity contribution is 5.92. The van der Waals surface area contributed by atoms with Crippen LogP contribution in [-0.2, 0) is 4.74 Å². The Morgan fingerprint density at radius 2 is 1.93 bits per heavy atom. The van der Waals surface area contributed by atoms with Gasteiger partial charge in [0.2, 0.25) is 0 Å². The van der Waals surface area contributed by atoms with Crippen LogP contribution < -0.4 is 10.2 Å². The first-order chi connectivity index (χ1) is 13.0. The van der Waals surface area contributed by atoms with Crippen LogP contribution >= 0.6 is 0 Å². The standard InChI is InChI=1S/C22H25N3O2/c1-15-11-16(2)21(13-20(15)22(26)27-3)24-18-7-9-25(10-8-18)19-6-4-5-17(12-19)14-23/h4-6,11-13,18,24H,7-10H2,1-3H3. The van der Waals surface area contributed by atoms with E-state index < -0.39 is 0 Å². The van der Waals surface area contributed by atoms with Crippen molar-refractivity contribution in [3.05, 3.63) is 58.7 Å². The van der Waals surface area contributed by atoms with Crippen molar-refractivity contribution >= 4 is 17.3 Å². The van der Waals surface area contributed by atoms with Crippen LogP contribution in [0.15, 0.2) is 36.4 Å². The number of anilines is 2. The molecule has 2 aromatic carbocycles. The molecule has 3 rings (SSSR count). The zero-order chi connectivity index (χ0) is 19.4. The Labute approximate surface area is 160 Å². The monoisotopic (exact) mass is 363 g/mol. The van der Waals surface area contributed by atoms with Crippen LogP contribution in [0.5, 0.6) is 0 Å². The van der Waals surface area contributed by atoms with E-state index in [1.54, 1.807) is 0 Å². The van der Waals surface area contributed by atoms with Gasteiger partial charge in [0.1, 0.15) is 0 Å². The van der Waals surface area contributed by atoms with Gasteiger partial charge >= 0.3 is 5.97 Å². The number of benzene rings is 2. The SMILES string of the molecule is COC(=O)c1cc(NC2CCN(c3cccc(C#N)c3)CC2)c(C)cc1C. The van der Waals surface area contributed by atoms with Gasteiger partial charge in [-0.05, 0) is 62.1 Å². The van der Waals surface area contributed by atoms with Crippen molar-refractivity contribution in [1.29, 1.82) is 5.26 Å². The van der Waals surface area contributed by atoms with Crippen LogP contribution in [0.3, 0.4) is 0 Å². The first-order valence-electron chi connectivity index (χ1n) is 9.23. The van der Waals surface area contributed by atoms with Gasteiger partial charge in [-0.15, -0.1) is 0 Å². The first-order valence-corrected chi connectivity index (χ1v) is 9.23. The summed E-state index contributed by atoms with van der Waals surface area (Å²) < 4.78 is 4.89. The molecule has 2 aromatic rings. The fourth-order valence-corrected chi connectivity index (χ4v) is 3.61. The molecular weight excluding hydrogens is 338 g/mol. The number of piperidine rings is 1. The molecule has 1 aliphatic rings. The van der Waals surface area contributed by atoms with Crippen molar-refractivity contribution in [2.75, 3.05) is 30.4 Å². The van der Waals surface area contributed by atoms with E-state index in [-0.39, 0.29) is 5.97 Å². The van der Waals surface area contributed by atoms with Crippen molar-refractivity contribution < 1.29 is 9.53 Å². The van der Waals surface area contributed by atoms with E-state index in [9.17, 15) is 4.79 Å². The molecule has 0 saturated carbocycles. The summed E-state index contributed by atoms with van der Waals surface area (Å²) >= 11 is 0. The molecule has 5 nitrogen and oxygen atoms in total. The molecule has 0 amide bonds. The average Bonchev–Trinajstić information content (AvgIpc) is 2.70. The summed E-state index contributed by atoms with van der Waals surface area (Å²) in [5.74, 6) is -0.303. The lowest BCUT2D eigenvalue weighted by molar-refractivity contribution is 0.0600. The summed E-state index contributed by atoms with van der Waals surface area (Å²) in [4.78, 5) is 14.3. The van der Waals surface area contributed by atoms with Gasteiger partial charge in [0, 0.05) is 30.5 Å². The second-order valence-corrected chi connectivity index (χ2v) is 7.04. The minimum absolute atomic E-state index is 0.303. The van der Waals surface area contributed by atoms with E-state index in [1.165, 1.54) is 7.11 Å². The second-order valence-electron chi connectivity index (χ2n) is 7.04. The maximum absolute atomic E-state index is 12.0. The molecule has 1 fully saturated rings. The van der Waals surface area contributed by atoms with Gasteiger partial charge in [0.05, 0.1) is 24.3 Å². The Balaban J connectivity index is 1.67. The number of ether oxygens (including phenoxy) is 1. The Kier molecular flexibility index (Phi) is 5.66. The molecule has 140 valence electrons. The predicted molar refractivity (Wildman–Crippen MR) is 107 cm³/mol. The number of nitriles is 1. The Bertz CT molecular complexity index is 878. The highest BCUT2D eigenvalue weighted by Crippen LogP contribution is 2.26. The number of aryl methyl sites for hydroxylation is 2. The smallest absolute Gasteiger partial charge is 0.338 e. The number of carbonyl (C=O) groups is 1. The minimum Gasteiger partial charge on any atom is -0.465 e.